The van der Waals surface area contributed by atoms with E-state index in [0.717, 1.165) is 0 Å². The molecule has 0 amide bonds. The lowest BCUT2D eigenvalue weighted by Gasteiger charge is -2.15. The molecule has 0 aliphatic carbocycles. The highest BCUT2D eigenvalue weighted by Crippen LogP contribution is 1.94. The summed E-state index contributed by atoms with van der Waals surface area (Å²) in [6.45, 7) is 2.82. The Labute approximate surface area is 88.7 Å². The second-order valence-corrected chi connectivity index (χ2v) is 4.78. The van der Waals surface area contributed by atoms with Crippen LogP contribution in [-0.2, 0) is 15.0 Å². The number of aliphatic hydroxyl groups excluding tert-OH is 1. The lowest BCUT2D eigenvalue weighted by Crippen LogP contribution is -2.48. The van der Waals surface area contributed by atoms with Crippen LogP contribution in [0.4, 0.5) is 0 Å². The zero-order valence-electron chi connectivity index (χ0n) is 8.60. The smallest absolute Gasteiger partial charge is 0.321 e. The molecular weight excluding hydrogens is 224 g/mol. The van der Waals surface area contributed by atoms with E-state index in [-0.39, 0.29) is 12.5 Å². The van der Waals surface area contributed by atoms with Crippen molar-refractivity contribution >= 4 is 16.2 Å². The van der Waals surface area contributed by atoms with Crippen molar-refractivity contribution < 1.29 is 23.4 Å². The maximum absolute atomic E-state index is 11.3. The Bertz CT molecular complexity index is 301. The lowest BCUT2D eigenvalue weighted by atomic mass is 10.2. The van der Waals surface area contributed by atoms with E-state index in [4.69, 9.17) is 10.2 Å². The summed E-state index contributed by atoms with van der Waals surface area (Å²) in [5.74, 6) is -1.32. The Morgan fingerprint density at radius 3 is 2.20 bits per heavy atom. The van der Waals surface area contributed by atoms with Crippen LogP contribution >= 0.6 is 0 Å². The van der Waals surface area contributed by atoms with Crippen molar-refractivity contribution in [2.75, 3.05) is 6.61 Å². The molecule has 8 heteroatoms. The molecule has 0 bridgehead atoms. The van der Waals surface area contributed by atoms with E-state index in [9.17, 15) is 13.2 Å². The van der Waals surface area contributed by atoms with Gasteiger partial charge in [0, 0.05) is 12.6 Å². The third kappa shape index (κ3) is 6.39. The third-order valence-electron chi connectivity index (χ3n) is 1.40. The van der Waals surface area contributed by atoms with Crippen molar-refractivity contribution in [3.05, 3.63) is 0 Å². The molecule has 0 aromatic carbocycles. The molecule has 0 saturated heterocycles. The fourth-order valence-corrected chi connectivity index (χ4v) is 2.18. The third-order valence-corrected chi connectivity index (χ3v) is 2.78. The van der Waals surface area contributed by atoms with Gasteiger partial charge in [0.15, 0.2) is 0 Å². The number of carboxylic acid groups (broad SMARTS) is 1. The lowest BCUT2D eigenvalue weighted by molar-refractivity contribution is -0.139. The first-order valence-corrected chi connectivity index (χ1v) is 5.90. The van der Waals surface area contributed by atoms with E-state index in [1.54, 1.807) is 13.8 Å². The monoisotopic (exact) mass is 240 g/mol. The van der Waals surface area contributed by atoms with E-state index in [1.807, 2.05) is 4.72 Å². The van der Waals surface area contributed by atoms with Gasteiger partial charge in [-0.05, 0) is 20.3 Å². The van der Waals surface area contributed by atoms with Gasteiger partial charge in [0.2, 0.25) is 0 Å². The summed E-state index contributed by atoms with van der Waals surface area (Å²) in [6.07, 6.45) is -0.172. The van der Waals surface area contributed by atoms with Crippen LogP contribution in [0.5, 0.6) is 0 Å². The molecular formula is C7H16N2O5S. The standard InChI is InChI=1S/C7H16N2O5S/c1-5(2)8-15(13,14)9-6(3-4-10)7(11)12/h5-6,8-10H,3-4H2,1-2H3,(H,11,12)/t6-/m0/s1. The Morgan fingerprint density at radius 1 is 1.33 bits per heavy atom. The normalized spacial score (nSPS) is 14.1. The van der Waals surface area contributed by atoms with Gasteiger partial charge >= 0.3 is 5.97 Å². The van der Waals surface area contributed by atoms with Crippen LogP contribution in [0.25, 0.3) is 0 Å². The van der Waals surface area contributed by atoms with E-state index in [1.165, 1.54) is 0 Å². The highest BCUT2D eigenvalue weighted by atomic mass is 32.2. The molecule has 90 valence electrons. The van der Waals surface area contributed by atoms with E-state index >= 15 is 0 Å². The minimum absolute atomic E-state index is 0.172. The van der Waals surface area contributed by atoms with Crippen LogP contribution < -0.4 is 9.44 Å². The van der Waals surface area contributed by atoms with E-state index in [2.05, 4.69) is 4.72 Å². The van der Waals surface area contributed by atoms with Gasteiger partial charge in [0.25, 0.3) is 10.2 Å². The summed E-state index contributed by atoms with van der Waals surface area (Å²) >= 11 is 0. The zero-order valence-corrected chi connectivity index (χ0v) is 9.41. The van der Waals surface area contributed by atoms with Gasteiger partial charge in [-0.2, -0.15) is 17.9 Å². The number of carboxylic acids is 1. The summed E-state index contributed by atoms with van der Waals surface area (Å²) in [5.41, 5.74) is 0. The Hall–Kier alpha value is -0.700. The quantitative estimate of drug-likeness (QED) is 0.439. The topological polar surface area (TPSA) is 116 Å². The van der Waals surface area contributed by atoms with Gasteiger partial charge in [-0.1, -0.05) is 0 Å². The summed E-state index contributed by atoms with van der Waals surface area (Å²) in [7, 11) is -3.84. The van der Waals surface area contributed by atoms with Crippen LogP contribution in [0.15, 0.2) is 0 Å². The minimum Gasteiger partial charge on any atom is -0.480 e. The second kappa shape index (κ2) is 6.01. The average Bonchev–Trinajstić information content (AvgIpc) is 2.00. The Morgan fingerprint density at radius 2 is 1.87 bits per heavy atom. The largest absolute Gasteiger partial charge is 0.480 e. The first kappa shape index (κ1) is 14.3. The Kier molecular flexibility index (Phi) is 5.73. The zero-order chi connectivity index (χ0) is 12.1. The molecule has 7 nitrogen and oxygen atoms in total. The van der Waals surface area contributed by atoms with Crippen molar-refractivity contribution in [2.45, 2.75) is 32.4 Å². The van der Waals surface area contributed by atoms with Crippen LogP contribution in [-0.4, -0.2) is 43.3 Å². The number of hydrogen-bond donors (Lipinski definition) is 4. The molecule has 0 aliphatic rings. The number of hydrogen-bond acceptors (Lipinski definition) is 4. The van der Waals surface area contributed by atoms with Gasteiger partial charge in [-0.3, -0.25) is 4.79 Å². The molecule has 0 heterocycles. The number of rotatable bonds is 7. The molecule has 1 atom stereocenters. The number of aliphatic hydroxyl groups is 1. The summed E-state index contributed by atoms with van der Waals surface area (Å²) in [6, 6.07) is -1.64. The van der Waals surface area contributed by atoms with Gasteiger partial charge in [0.05, 0.1) is 0 Å². The van der Waals surface area contributed by atoms with Crippen molar-refractivity contribution in [3.8, 4) is 0 Å². The molecule has 0 aromatic heterocycles. The number of carbonyl (C=O) groups is 1. The van der Waals surface area contributed by atoms with Crippen LogP contribution in [0.2, 0.25) is 0 Å². The van der Waals surface area contributed by atoms with Gasteiger partial charge in [-0.25, -0.2) is 0 Å². The van der Waals surface area contributed by atoms with Gasteiger partial charge in [-0.15, -0.1) is 0 Å². The average molecular weight is 240 g/mol. The molecule has 0 saturated carbocycles. The van der Waals surface area contributed by atoms with Gasteiger partial charge in [0.1, 0.15) is 6.04 Å². The summed E-state index contributed by atoms with van der Waals surface area (Å²) in [5, 5.41) is 17.2. The van der Waals surface area contributed by atoms with Gasteiger partial charge < -0.3 is 10.2 Å². The molecule has 0 aromatic rings. The van der Waals surface area contributed by atoms with Crippen molar-refractivity contribution in [2.24, 2.45) is 0 Å². The summed E-state index contributed by atoms with van der Waals surface area (Å²) < 4.78 is 26.6. The second-order valence-electron chi connectivity index (χ2n) is 3.30. The highest BCUT2D eigenvalue weighted by Gasteiger charge is 2.23. The highest BCUT2D eigenvalue weighted by molar-refractivity contribution is 7.87. The molecule has 0 unspecified atom stereocenters. The molecule has 0 fully saturated rings. The predicted octanol–water partition coefficient (Wildman–Crippen LogP) is -1.35. The first-order valence-electron chi connectivity index (χ1n) is 4.41. The van der Waals surface area contributed by atoms with Crippen molar-refractivity contribution in [1.29, 1.82) is 0 Å². The molecule has 15 heavy (non-hydrogen) atoms. The molecule has 0 radical (unpaired) electrons. The van der Waals surface area contributed by atoms with E-state index in [0.29, 0.717) is 0 Å². The first-order chi connectivity index (χ1) is 6.78. The maximum Gasteiger partial charge on any atom is 0.321 e. The van der Waals surface area contributed by atoms with Crippen molar-refractivity contribution in [1.82, 2.24) is 9.44 Å². The molecule has 0 spiro atoms. The number of aliphatic carboxylic acids is 1. The van der Waals surface area contributed by atoms with E-state index < -0.39 is 28.8 Å². The molecule has 0 aliphatic heterocycles. The fourth-order valence-electron chi connectivity index (χ4n) is 0.894. The molecule has 0 rings (SSSR count). The van der Waals surface area contributed by atoms with Crippen LogP contribution in [0.3, 0.4) is 0 Å². The summed E-state index contributed by atoms with van der Waals surface area (Å²) in [4.78, 5) is 10.6. The SMILES string of the molecule is CC(C)NS(=O)(=O)N[C@@H](CCO)C(=O)O. The number of nitrogens with one attached hydrogen (secondary N) is 2. The van der Waals surface area contributed by atoms with Crippen molar-refractivity contribution in [3.63, 3.8) is 0 Å². The minimum atomic E-state index is -3.84. The Balaban J connectivity index is 4.45. The van der Waals surface area contributed by atoms with Crippen LogP contribution in [0, 0.1) is 0 Å². The maximum atomic E-state index is 11.3. The fraction of sp³-hybridized carbons (Fsp3) is 0.857. The molecule has 4 N–H and O–H groups in total. The van der Waals surface area contributed by atoms with Crippen LogP contribution in [0.1, 0.15) is 20.3 Å². The predicted molar refractivity (Wildman–Crippen MR) is 53.5 cm³/mol.